The molecule has 2 aliphatic rings. The maximum Gasteiger partial charge on any atom is 0.241 e. The number of fused-ring (bicyclic) bond motifs is 2. The first kappa shape index (κ1) is 18.9. The molecule has 6 heteroatoms. The van der Waals surface area contributed by atoms with Crippen LogP contribution < -0.4 is 5.32 Å². The summed E-state index contributed by atoms with van der Waals surface area (Å²) in [5, 5.41) is 13.6. The molecule has 3 rings (SSSR count). The summed E-state index contributed by atoms with van der Waals surface area (Å²) in [5.41, 5.74) is 1.82. The van der Waals surface area contributed by atoms with Crippen LogP contribution in [0.4, 0.5) is 0 Å². The Hall–Kier alpha value is -1.92. The van der Waals surface area contributed by atoms with Crippen LogP contribution in [0.2, 0.25) is 0 Å². The van der Waals surface area contributed by atoms with Crippen LogP contribution in [0.3, 0.4) is 0 Å². The van der Waals surface area contributed by atoms with Gasteiger partial charge in [-0.1, -0.05) is 38.1 Å². The monoisotopic (exact) mass is 360 g/mol. The highest BCUT2D eigenvalue weighted by Crippen LogP contribution is 2.51. The van der Waals surface area contributed by atoms with Crippen LogP contribution in [-0.2, 0) is 19.7 Å². The molecule has 1 fully saturated rings. The Morgan fingerprint density at radius 3 is 2.58 bits per heavy atom. The van der Waals surface area contributed by atoms with Gasteiger partial charge in [0, 0.05) is 31.5 Å². The van der Waals surface area contributed by atoms with Crippen LogP contribution in [-0.4, -0.2) is 54.7 Å². The van der Waals surface area contributed by atoms with E-state index in [9.17, 15) is 14.7 Å². The summed E-state index contributed by atoms with van der Waals surface area (Å²) >= 11 is 0. The minimum atomic E-state index is -0.609. The number of carbonyl (C=O) groups is 2. The van der Waals surface area contributed by atoms with Crippen molar-refractivity contribution in [3.63, 3.8) is 0 Å². The lowest BCUT2D eigenvalue weighted by Crippen LogP contribution is -2.51. The first-order valence-electron chi connectivity index (χ1n) is 9.26. The molecule has 2 amide bonds. The number of amides is 2. The maximum atomic E-state index is 12.4. The van der Waals surface area contributed by atoms with Crippen LogP contribution in [0.25, 0.3) is 0 Å². The molecular formula is C20H28N2O4. The van der Waals surface area contributed by atoms with Gasteiger partial charge in [0.2, 0.25) is 11.8 Å². The van der Waals surface area contributed by atoms with Crippen molar-refractivity contribution >= 4 is 11.8 Å². The Labute approximate surface area is 154 Å². The smallest absolute Gasteiger partial charge is 0.241 e. The molecule has 0 bridgehead atoms. The van der Waals surface area contributed by atoms with Gasteiger partial charge in [0.1, 0.15) is 6.10 Å². The van der Waals surface area contributed by atoms with E-state index in [1.807, 2.05) is 18.2 Å². The fourth-order valence-corrected chi connectivity index (χ4v) is 4.27. The van der Waals surface area contributed by atoms with Gasteiger partial charge in [0.15, 0.2) is 0 Å². The summed E-state index contributed by atoms with van der Waals surface area (Å²) in [5.74, 6) is -0.323. The van der Waals surface area contributed by atoms with Crippen molar-refractivity contribution in [3.05, 3.63) is 35.4 Å². The first-order chi connectivity index (χ1) is 12.4. The molecule has 6 nitrogen and oxygen atoms in total. The molecule has 0 aromatic heterocycles. The Kier molecular flexibility index (Phi) is 5.34. The van der Waals surface area contributed by atoms with Gasteiger partial charge in [0.25, 0.3) is 0 Å². The number of hydrogen-bond donors (Lipinski definition) is 2. The van der Waals surface area contributed by atoms with Gasteiger partial charge in [-0.2, -0.15) is 0 Å². The summed E-state index contributed by atoms with van der Waals surface area (Å²) < 4.78 is 5.56. The van der Waals surface area contributed by atoms with Gasteiger partial charge < -0.3 is 20.1 Å². The Bertz CT molecular complexity index is 680. The number of ether oxygens (including phenoxy) is 1. The largest absolute Gasteiger partial charge is 0.389 e. The maximum absolute atomic E-state index is 12.4. The van der Waals surface area contributed by atoms with Crippen molar-refractivity contribution in [3.8, 4) is 0 Å². The number of aliphatic hydroxyl groups excluding tert-OH is 1. The number of piperidine rings is 1. The SMILES string of the molecule is CO[C@@H]1c2ccccc2C2(CCN(C(=O)CNC(=O)C(C)C)CC2)[C@H]1O. The van der Waals surface area contributed by atoms with Gasteiger partial charge in [-0.25, -0.2) is 0 Å². The molecule has 0 radical (unpaired) electrons. The average Bonchev–Trinajstić information content (AvgIpc) is 2.88. The Morgan fingerprint density at radius 2 is 1.96 bits per heavy atom. The van der Waals surface area contributed by atoms with E-state index < -0.39 is 6.10 Å². The van der Waals surface area contributed by atoms with Crippen molar-refractivity contribution in [2.24, 2.45) is 5.92 Å². The number of hydrogen-bond acceptors (Lipinski definition) is 4. The van der Waals surface area contributed by atoms with E-state index in [0.29, 0.717) is 25.9 Å². The lowest BCUT2D eigenvalue weighted by atomic mass is 9.72. The lowest BCUT2D eigenvalue weighted by Gasteiger charge is -2.42. The summed E-state index contributed by atoms with van der Waals surface area (Å²) in [6.45, 7) is 4.77. The zero-order chi connectivity index (χ0) is 18.9. The summed E-state index contributed by atoms with van der Waals surface area (Å²) in [7, 11) is 1.62. The van der Waals surface area contributed by atoms with E-state index in [1.54, 1.807) is 25.9 Å². The third-order valence-electron chi connectivity index (χ3n) is 5.86. The van der Waals surface area contributed by atoms with Gasteiger partial charge >= 0.3 is 0 Å². The van der Waals surface area contributed by atoms with E-state index in [-0.39, 0.29) is 35.8 Å². The number of nitrogens with one attached hydrogen (secondary N) is 1. The molecule has 1 aliphatic carbocycles. The summed E-state index contributed by atoms with van der Waals surface area (Å²) in [6, 6.07) is 8.04. The zero-order valence-corrected chi connectivity index (χ0v) is 15.7. The molecule has 1 heterocycles. The molecule has 1 aromatic rings. The van der Waals surface area contributed by atoms with Crippen LogP contribution in [0.5, 0.6) is 0 Å². The van der Waals surface area contributed by atoms with E-state index in [2.05, 4.69) is 11.4 Å². The minimum absolute atomic E-state index is 0.0316. The molecule has 0 saturated carbocycles. The van der Waals surface area contributed by atoms with Crippen LogP contribution in [0.15, 0.2) is 24.3 Å². The average molecular weight is 360 g/mol. The molecule has 142 valence electrons. The molecule has 2 N–H and O–H groups in total. The minimum Gasteiger partial charge on any atom is -0.389 e. The third kappa shape index (κ3) is 3.12. The second-order valence-electron chi connectivity index (χ2n) is 7.60. The van der Waals surface area contributed by atoms with Crippen molar-refractivity contribution in [1.82, 2.24) is 10.2 Å². The van der Waals surface area contributed by atoms with Gasteiger partial charge in [-0.3, -0.25) is 9.59 Å². The van der Waals surface area contributed by atoms with Crippen LogP contribution >= 0.6 is 0 Å². The Balaban J connectivity index is 1.68. The fraction of sp³-hybridized carbons (Fsp3) is 0.600. The molecule has 1 saturated heterocycles. The first-order valence-corrected chi connectivity index (χ1v) is 9.26. The molecule has 1 aromatic carbocycles. The number of likely N-dealkylation sites (tertiary alicyclic amines) is 1. The zero-order valence-electron chi connectivity index (χ0n) is 15.7. The Morgan fingerprint density at radius 1 is 1.31 bits per heavy atom. The number of carbonyl (C=O) groups excluding carboxylic acids is 2. The molecule has 1 aliphatic heterocycles. The van der Waals surface area contributed by atoms with E-state index in [0.717, 1.165) is 11.1 Å². The van der Waals surface area contributed by atoms with Gasteiger partial charge in [-0.05, 0) is 24.0 Å². The molecule has 2 atom stereocenters. The number of aliphatic hydroxyl groups is 1. The second-order valence-corrected chi connectivity index (χ2v) is 7.60. The molecule has 26 heavy (non-hydrogen) atoms. The lowest BCUT2D eigenvalue weighted by molar-refractivity contribution is -0.136. The van der Waals surface area contributed by atoms with Crippen molar-refractivity contribution in [2.45, 2.75) is 44.3 Å². The topological polar surface area (TPSA) is 78.9 Å². The molecule has 1 spiro atoms. The van der Waals surface area contributed by atoms with E-state index in [1.165, 1.54) is 0 Å². The number of benzene rings is 1. The van der Waals surface area contributed by atoms with Crippen LogP contribution in [0, 0.1) is 5.92 Å². The van der Waals surface area contributed by atoms with Gasteiger partial charge in [0.05, 0.1) is 12.6 Å². The van der Waals surface area contributed by atoms with Crippen molar-refractivity contribution < 1.29 is 19.4 Å². The highest BCUT2D eigenvalue weighted by atomic mass is 16.5. The second kappa shape index (κ2) is 7.37. The normalized spacial score (nSPS) is 24.0. The number of nitrogens with zero attached hydrogens (tertiary/aromatic N) is 1. The standard InChI is InChI=1S/C20H28N2O4/c1-13(2)19(25)21-12-16(23)22-10-8-20(9-11-22)15-7-5-4-6-14(15)17(26-3)18(20)24/h4-7,13,17-18,24H,8-12H2,1-3H3,(H,21,25)/t17-,18+/m1/s1. The quantitative estimate of drug-likeness (QED) is 0.850. The predicted molar refractivity (Wildman–Crippen MR) is 97.5 cm³/mol. The third-order valence-corrected chi connectivity index (χ3v) is 5.86. The van der Waals surface area contributed by atoms with Crippen molar-refractivity contribution in [1.29, 1.82) is 0 Å². The highest BCUT2D eigenvalue weighted by molar-refractivity contribution is 5.85. The summed E-state index contributed by atoms with van der Waals surface area (Å²) in [4.78, 5) is 25.8. The molecule has 0 unspecified atom stereocenters. The number of methoxy groups -OCH3 is 1. The number of rotatable bonds is 4. The predicted octanol–water partition coefficient (Wildman–Crippen LogP) is 1.38. The van der Waals surface area contributed by atoms with E-state index in [4.69, 9.17) is 4.74 Å². The van der Waals surface area contributed by atoms with Gasteiger partial charge in [-0.15, -0.1) is 0 Å². The van der Waals surface area contributed by atoms with Crippen molar-refractivity contribution in [2.75, 3.05) is 26.7 Å². The van der Waals surface area contributed by atoms with E-state index >= 15 is 0 Å². The fourth-order valence-electron chi connectivity index (χ4n) is 4.27. The van der Waals surface area contributed by atoms with Crippen LogP contribution in [0.1, 0.15) is 43.9 Å². The molecular weight excluding hydrogens is 332 g/mol. The highest BCUT2D eigenvalue weighted by Gasteiger charge is 2.53. The summed E-state index contributed by atoms with van der Waals surface area (Å²) in [6.07, 6.45) is 0.450.